The maximum atomic E-state index is 11.2. The SMILES string of the molecule is CC1CS(=O)(=O)NC(C)C1(C)C. The lowest BCUT2D eigenvalue weighted by Gasteiger charge is -2.42. The van der Waals surface area contributed by atoms with Crippen molar-refractivity contribution in [3.05, 3.63) is 0 Å². The van der Waals surface area contributed by atoms with Crippen molar-refractivity contribution < 1.29 is 8.42 Å². The van der Waals surface area contributed by atoms with E-state index in [0.29, 0.717) is 0 Å². The van der Waals surface area contributed by atoms with E-state index in [1.807, 2.05) is 13.8 Å². The second kappa shape index (κ2) is 2.70. The number of nitrogens with one attached hydrogen (secondary N) is 1. The lowest BCUT2D eigenvalue weighted by Crippen LogP contribution is -2.54. The van der Waals surface area contributed by atoms with Gasteiger partial charge in [-0.25, -0.2) is 13.1 Å². The average molecular weight is 191 g/mol. The van der Waals surface area contributed by atoms with Crippen molar-refractivity contribution in [2.75, 3.05) is 5.75 Å². The van der Waals surface area contributed by atoms with Gasteiger partial charge >= 0.3 is 0 Å². The molecule has 1 saturated heterocycles. The van der Waals surface area contributed by atoms with Gasteiger partial charge in [-0.15, -0.1) is 0 Å². The molecule has 1 aliphatic rings. The van der Waals surface area contributed by atoms with Crippen molar-refractivity contribution in [2.45, 2.75) is 33.7 Å². The van der Waals surface area contributed by atoms with Crippen LogP contribution in [0.25, 0.3) is 0 Å². The Balaban J connectivity index is 2.93. The van der Waals surface area contributed by atoms with Gasteiger partial charge in [-0.1, -0.05) is 20.8 Å². The summed E-state index contributed by atoms with van der Waals surface area (Å²) in [4.78, 5) is 0. The van der Waals surface area contributed by atoms with Gasteiger partial charge in [0.25, 0.3) is 0 Å². The predicted molar refractivity (Wildman–Crippen MR) is 49.3 cm³/mol. The second-order valence-corrected chi connectivity index (χ2v) is 6.14. The third kappa shape index (κ3) is 1.64. The van der Waals surface area contributed by atoms with E-state index in [1.165, 1.54) is 0 Å². The van der Waals surface area contributed by atoms with E-state index in [2.05, 4.69) is 18.6 Å². The number of rotatable bonds is 0. The Morgan fingerprint density at radius 3 is 2.25 bits per heavy atom. The summed E-state index contributed by atoms with van der Waals surface area (Å²) in [6, 6.07) is 0.0336. The Kier molecular flexibility index (Phi) is 2.25. The van der Waals surface area contributed by atoms with Crippen LogP contribution in [0.3, 0.4) is 0 Å². The Labute approximate surface area is 74.6 Å². The normalized spacial score (nSPS) is 39.3. The molecule has 1 heterocycles. The molecule has 0 aliphatic carbocycles. The van der Waals surface area contributed by atoms with Crippen molar-refractivity contribution >= 4 is 10.0 Å². The molecular weight excluding hydrogens is 174 g/mol. The minimum atomic E-state index is -3.00. The van der Waals surface area contributed by atoms with Crippen LogP contribution in [0.15, 0.2) is 0 Å². The van der Waals surface area contributed by atoms with Crippen LogP contribution in [0.5, 0.6) is 0 Å². The summed E-state index contributed by atoms with van der Waals surface area (Å²) in [6.45, 7) is 8.12. The van der Waals surface area contributed by atoms with Crippen LogP contribution in [-0.2, 0) is 10.0 Å². The van der Waals surface area contributed by atoms with Crippen LogP contribution in [0.1, 0.15) is 27.7 Å². The van der Waals surface area contributed by atoms with Gasteiger partial charge < -0.3 is 0 Å². The Morgan fingerprint density at radius 2 is 1.83 bits per heavy atom. The maximum absolute atomic E-state index is 11.2. The first kappa shape index (κ1) is 9.99. The summed E-state index contributed by atoms with van der Waals surface area (Å²) in [7, 11) is -3.00. The second-order valence-electron chi connectivity index (χ2n) is 4.34. The molecule has 1 fully saturated rings. The molecule has 72 valence electrons. The van der Waals surface area contributed by atoms with Gasteiger partial charge in [0.2, 0.25) is 10.0 Å². The molecule has 1 rings (SSSR count). The third-order valence-electron chi connectivity index (χ3n) is 3.21. The minimum absolute atomic E-state index is 0.0336. The predicted octanol–water partition coefficient (Wildman–Crippen LogP) is 0.970. The standard InChI is InChI=1S/C8H17NO2S/c1-6-5-12(10,11)9-7(2)8(6,3)4/h6-7,9H,5H2,1-4H3. The Bertz CT molecular complexity index is 249. The molecule has 0 aromatic rings. The van der Waals surface area contributed by atoms with Crippen molar-refractivity contribution in [3.63, 3.8) is 0 Å². The lowest BCUT2D eigenvalue weighted by atomic mass is 9.75. The highest BCUT2D eigenvalue weighted by molar-refractivity contribution is 7.89. The van der Waals surface area contributed by atoms with Crippen LogP contribution < -0.4 is 4.72 Å². The van der Waals surface area contributed by atoms with E-state index >= 15 is 0 Å². The topological polar surface area (TPSA) is 46.2 Å². The van der Waals surface area contributed by atoms with E-state index in [1.54, 1.807) is 0 Å². The molecule has 0 amide bonds. The first-order valence-corrected chi connectivity index (χ1v) is 5.91. The van der Waals surface area contributed by atoms with Gasteiger partial charge in [0.1, 0.15) is 0 Å². The summed E-state index contributed by atoms with van der Waals surface area (Å²) >= 11 is 0. The smallest absolute Gasteiger partial charge is 0.212 e. The molecule has 4 heteroatoms. The zero-order chi connectivity index (χ0) is 9.57. The van der Waals surface area contributed by atoms with Crippen molar-refractivity contribution in [2.24, 2.45) is 11.3 Å². The van der Waals surface area contributed by atoms with Crippen LogP contribution >= 0.6 is 0 Å². The molecule has 2 atom stereocenters. The molecule has 1 N–H and O–H groups in total. The van der Waals surface area contributed by atoms with Crippen LogP contribution in [0, 0.1) is 11.3 Å². The van der Waals surface area contributed by atoms with Gasteiger partial charge in [0.15, 0.2) is 0 Å². The third-order valence-corrected chi connectivity index (χ3v) is 4.86. The Morgan fingerprint density at radius 1 is 1.33 bits per heavy atom. The minimum Gasteiger partial charge on any atom is -0.212 e. The van der Waals surface area contributed by atoms with E-state index in [4.69, 9.17) is 0 Å². The van der Waals surface area contributed by atoms with Gasteiger partial charge in [-0.3, -0.25) is 0 Å². The highest BCUT2D eigenvalue weighted by Crippen LogP contribution is 2.34. The molecule has 0 aromatic carbocycles. The molecule has 0 aromatic heterocycles. The molecule has 0 radical (unpaired) electrons. The molecular formula is C8H17NO2S. The summed E-state index contributed by atoms with van der Waals surface area (Å²) in [5, 5.41) is 0. The monoisotopic (exact) mass is 191 g/mol. The molecule has 1 aliphatic heterocycles. The molecule has 0 saturated carbocycles. The van der Waals surface area contributed by atoms with Gasteiger partial charge in [-0.2, -0.15) is 0 Å². The quantitative estimate of drug-likeness (QED) is 0.620. The van der Waals surface area contributed by atoms with E-state index < -0.39 is 10.0 Å². The molecule has 0 spiro atoms. The fraction of sp³-hybridized carbons (Fsp3) is 1.00. The fourth-order valence-electron chi connectivity index (χ4n) is 1.44. The first-order valence-electron chi connectivity index (χ1n) is 4.26. The number of sulfonamides is 1. The summed E-state index contributed by atoms with van der Waals surface area (Å²) in [5.74, 6) is 0.475. The van der Waals surface area contributed by atoms with Crippen molar-refractivity contribution in [1.29, 1.82) is 0 Å². The maximum Gasteiger partial charge on any atom is 0.212 e. The van der Waals surface area contributed by atoms with Gasteiger partial charge in [0.05, 0.1) is 5.75 Å². The molecule has 12 heavy (non-hydrogen) atoms. The van der Waals surface area contributed by atoms with Crippen LogP contribution in [0.4, 0.5) is 0 Å². The summed E-state index contributed by atoms with van der Waals surface area (Å²) in [6.07, 6.45) is 0. The van der Waals surface area contributed by atoms with Crippen LogP contribution in [-0.4, -0.2) is 20.2 Å². The van der Waals surface area contributed by atoms with Gasteiger partial charge in [-0.05, 0) is 18.3 Å². The number of hydrogen-bond acceptors (Lipinski definition) is 2. The summed E-state index contributed by atoms with van der Waals surface area (Å²) < 4.78 is 25.1. The average Bonchev–Trinajstić information content (AvgIpc) is 1.82. The molecule has 0 bridgehead atoms. The Hall–Kier alpha value is -0.0900. The van der Waals surface area contributed by atoms with E-state index in [-0.39, 0.29) is 23.1 Å². The fourth-order valence-corrected chi connectivity index (χ4v) is 3.47. The van der Waals surface area contributed by atoms with Crippen molar-refractivity contribution in [1.82, 2.24) is 4.72 Å². The lowest BCUT2D eigenvalue weighted by molar-refractivity contribution is 0.181. The largest absolute Gasteiger partial charge is 0.212 e. The van der Waals surface area contributed by atoms with Crippen molar-refractivity contribution in [3.8, 4) is 0 Å². The first-order chi connectivity index (χ1) is 5.26. The number of hydrogen-bond donors (Lipinski definition) is 1. The summed E-state index contributed by atoms with van der Waals surface area (Å²) in [5.41, 5.74) is 0.0608. The van der Waals surface area contributed by atoms with E-state index in [9.17, 15) is 8.42 Å². The molecule has 3 nitrogen and oxygen atoms in total. The van der Waals surface area contributed by atoms with Gasteiger partial charge in [0, 0.05) is 6.04 Å². The zero-order valence-electron chi connectivity index (χ0n) is 8.09. The molecule has 2 unspecified atom stereocenters. The zero-order valence-corrected chi connectivity index (χ0v) is 8.90. The highest BCUT2D eigenvalue weighted by atomic mass is 32.2. The highest BCUT2D eigenvalue weighted by Gasteiger charge is 2.40. The van der Waals surface area contributed by atoms with Crippen LogP contribution in [0.2, 0.25) is 0 Å². The van der Waals surface area contributed by atoms with E-state index in [0.717, 1.165) is 0 Å².